The first-order valence-electron chi connectivity index (χ1n) is 11.6. The number of rotatable bonds is 9. The van der Waals surface area contributed by atoms with Gasteiger partial charge in [-0.05, 0) is 66.2 Å². The SMILES string of the molecule is O=C(CN(C1CCCCC1)S(=O)(=O)c1ccc(Cl)cc1)N(Cc1ccc(F)cc1)Cc1cccs1. The lowest BCUT2D eigenvalue weighted by molar-refractivity contribution is -0.133. The molecule has 9 heteroatoms. The van der Waals surface area contributed by atoms with Crippen molar-refractivity contribution < 1.29 is 17.6 Å². The van der Waals surface area contributed by atoms with Crippen molar-refractivity contribution in [2.75, 3.05) is 6.54 Å². The summed E-state index contributed by atoms with van der Waals surface area (Å²) in [4.78, 5) is 16.4. The minimum absolute atomic E-state index is 0.128. The highest BCUT2D eigenvalue weighted by Crippen LogP contribution is 2.29. The Bertz CT molecular complexity index is 1210. The van der Waals surface area contributed by atoms with Crippen LogP contribution in [0.25, 0.3) is 0 Å². The molecule has 2 aromatic carbocycles. The Labute approximate surface area is 215 Å². The van der Waals surface area contributed by atoms with Crippen molar-refractivity contribution in [1.82, 2.24) is 9.21 Å². The van der Waals surface area contributed by atoms with Gasteiger partial charge in [-0.25, -0.2) is 12.8 Å². The minimum Gasteiger partial charge on any atom is -0.332 e. The van der Waals surface area contributed by atoms with Crippen LogP contribution < -0.4 is 0 Å². The Balaban J connectivity index is 1.62. The van der Waals surface area contributed by atoms with E-state index in [0.29, 0.717) is 11.6 Å². The van der Waals surface area contributed by atoms with Crippen LogP contribution in [0.3, 0.4) is 0 Å². The van der Waals surface area contributed by atoms with Gasteiger partial charge in [-0.2, -0.15) is 4.31 Å². The van der Waals surface area contributed by atoms with Gasteiger partial charge in [0.1, 0.15) is 5.82 Å². The normalized spacial score (nSPS) is 14.8. The third kappa shape index (κ3) is 6.70. The number of hydrogen-bond acceptors (Lipinski definition) is 4. The monoisotopic (exact) mass is 534 g/mol. The summed E-state index contributed by atoms with van der Waals surface area (Å²) < 4.78 is 42.2. The molecule has 0 aliphatic heterocycles. The maximum Gasteiger partial charge on any atom is 0.243 e. The average molecular weight is 535 g/mol. The maximum atomic E-state index is 13.7. The van der Waals surface area contributed by atoms with Crippen LogP contribution in [-0.4, -0.2) is 36.1 Å². The number of amides is 1. The number of carbonyl (C=O) groups is 1. The first-order chi connectivity index (χ1) is 16.8. The number of sulfonamides is 1. The summed E-state index contributed by atoms with van der Waals surface area (Å²) in [7, 11) is -3.91. The van der Waals surface area contributed by atoms with Gasteiger partial charge in [0.05, 0.1) is 18.0 Å². The first-order valence-corrected chi connectivity index (χ1v) is 14.3. The molecule has 1 aliphatic rings. The van der Waals surface area contributed by atoms with Gasteiger partial charge in [-0.3, -0.25) is 4.79 Å². The number of thiophene rings is 1. The van der Waals surface area contributed by atoms with Crippen LogP contribution in [0.1, 0.15) is 42.5 Å². The van der Waals surface area contributed by atoms with Crippen LogP contribution in [0, 0.1) is 5.82 Å². The number of benzene rings is 2. The summed E-state index contributed by atoms with van der Waals surface area (Å²) in [5.41, 5.74) is 0.779. The maximum absolute atomic E-state index is 13.7. The quantitative estimate of drug-likeness (QED) is 0.333. The molecule has 4 rings (SSSR count). The highest BCUT2D eigenvalue weighted by atomic mass is 35.5. The summed E-state index contributed by atoms with van der Waals surface area (Å²) in [6.07, 6.45) is 4.38. The molecule has 0 unspecified atom stereocenters. The number of nitrogens with zero attached hydrogens (tertiary/aromatic N) is 2. The zero-order valence-corrected chi connectivity index (χ0v) is 21.7. The van der Waals surface area contributed by atoms with Crippen LogP contribution in [-0.2, 0) is 27.9 Å². The fraction of sp³-hybridized carbons (Fsp3) is 0.346. The fourth-order valence-electron chi connectivity index (χ4n) is 4.39. The van der Waals surface area contributed by atoms with Gasteiger partial charge in [0.25, 0.3) is 0 Å². The van der Waals surface area contributed by atoms with E-state index in [9.17, 15) is 17.6 Å². The van der Waals surface area contributed by atoms with Crippen LogP contribution >= 0.6 is 22.9 Å². The van der Waals surface area contributed by atoms with E-state index in [1.807, 2.05) is 17.5 Å². The third-order valence-corrected chi connectivity index (χ3v) is 9.29. The summed E-state index contributed by atoms with van der Waals surface area (Å²) in [6.45, 7) is 0.367. The van der Waals surface area contributed by atoms with Gasteiger partial charge in [-0.15, -0.1) is 11.3 Å². The molecule has 0 saturated heterocycles. The van der Waals surface area contributed by atoms with Crippen molar-refractivity contribution in [3.8, 4) is 0 Å². The van der Waals surface area contributed by atoms with Crippen LogP contribution in [0.4, 0.5) is 4.39 Å². The molecule has 1 saturated carbocycles. The van der Waals surface area contributed by atoms with Crippen molar-refractivity contribution in [3.63, 3.8) is 0 Å². The number of halogens is 2. The Morgan fingerprint density at radius 2 is 1.66 bits per heavy atom. The van der Waals surface area contributed by atoms with Crippen molar-refractivity contribution >= 4 is 38.9 Å². The summed E-state index contributed by atoms with van der Waals surface area (Å²) in [5, 5.41) is 2.39. The molecular formula is C26H28ClFN2O3S2. The van der Waals surface area contributed by atoms with Gasteiger partial charge in [-0.1, -0.05) is 49.1 Å². The van der Waals surface area contributed by atoms with Crippen molar-refractivity contribution in [1.29, 1.82) is 0 Å². The molecule has 0 N–H and O–H groups in total. The molecule has 1 amide bonds. The molecule has 1 fully saturated rings. The lowest BCUT2D eigenvalue weighted by Crippen LogP contribution is -2.47. The highest BCUT2D eigenvalue weighted by Gasteiger charge is 2.35. The standard InChI is InChI=1S/C26H28ClFN2O3S2/c27-21-10-14-25(15-11-21)35(32,33)30(23-5-2-1-3-6-23)19-26(31)29(18-24-7-4-16-34-24)17-20-8-12-22(28)13-9-20/h4,7-16,23H,1-3,5-6,17-19H2. The van der Waals surface area contributed by atoms with E-state index in [0.717, 1.165) is 42.5 Å². The molecule has 5 nitrogen and oxygen atoms in total. The van der Waals surface area contributed by atoms with E-state index in [-0.39, 0.29) is 35.8 Å². The average Bonchev–Trinajstić information content (AvgIpc) is 3.37. The van der Waals surface area contributed by atoms with Gasteiger partial charge in [0.2, 0.25) is 15.9 Å². The molecule has 0 atom stereocenters. The molecule has 0 radical (unpaired) electrons. The second kappa shape index (κ2) is 11.6. The number of carbonyl (C=O) groups excluding carboxylic acids is 1. The molecule has 35 heavy (non-hydrogen) atoms. The molecule has 1 heterocycles. The van der Waals surface area contributed by atoms with E-state index in [1.165, 1.54) is 39.9 Å². The van der Waals surface area contributed by atoms with Crippen molar-refractivity contribution in [2.24, 2.45) is 0 Å². The largest absolute Gasteiger partial charge is 0.332 e. The molecule has 1 aromatic heterocycles. The second-order valence-corrected chi connectivity index (χ2v) is 12.1. The lowest BCUT2D eigenvalue weighted by Gasteiger charge is -2.34. The van der Waals surface area contributed by atoms with Gasteiger partial charge in [0.15, 0.2) is 0 Å². The molecule has 0 bridgehead atoms. The predicted molar refractivity (Wildman–Crippen MR) is 137 cm³/mol. The Hall–Kier alpha value is -2.26. The van der Waals surface area contributed by atoms with Gasteiger partial charge >= 0.3 is 0 Å². The highest BCUT2D eigenvalue weighted by molar-refractivity contribution is 7.89. The zero-order valence-electron chi connectivity index (χ0n) is 19.3. The van der Waals surface area contributed by atoms with Gasteiger partial charge < -0.3 is 4.90 Å². The van der Waals surface area contributed by atoms with E-state index in [2.05, 4.69) is 0 Å². The van der Waals surface area contributed by atoms with Crippen LogP contribution in [0.5, 0.6) is 0 Å². The van der Waals surface area contributed by atoms with E-state index in [4.69, 9.17) is 11.6 Å². The van der Waals surface area contributed by atoms with Crippen molar-refractivity contribution in [3.05, 3.63) is 87.3 Å². The van der Waals surface area contributed by atoms with Crippen LogP contribution in [0.2, 0.25) is 5.02 Å². The topological polar surface area (TPSA) is 57.7 Å². The minimum atomic E-state index is -3.91. The van der Waals surface area contributed by atoms with E-state index in [1.54, 1.807) is 29.2 Å². The van der Waals surface area contributed by atoms with E-state index < -0.39 is 10.0 Å². The third-order valence-electron chi connectivity index (χ3n) is 6.26. The summed E-state index contributed by atoms with van der Waals surface area (Å²) >= 11 is 7.51. The lowest BCUT2D eigenvalue weighted by atomic mass is 9.95. The Morgan fingerprint density at radius 3 is 2.29 bits per heavy atom. The Morgan fingerprint density at radius 1 is 0.971 bits per heavy atom. The second-order valence-electron chi connectivity index (χ2n) is 8.75. The smallest absolute Gasteiger partial charge is 0.243 e. The molecule has 1 aliphatic carbocycles. The molecule has 0 spiro atoms. The first kappa shape index (κ1) is 25.8. The fourth-order valence-corrected chi connectivity index (χ4v) is 6.87. The summed E-state index contributed by atoms with van der Waals surface area (Å²) in [5.74, 6) is -0.631. The van der Waals surface area contributed by atoms with Crippen molar-refractivity contribution in [2.45, 2.75) is 56.1 Å². The molecule has 3 aromatic rings. The summed E-state index contributed by atoms with van der Waals surface area (Å²) in [6, 6.07) is 15.7. The predicted octanol–water partition coefficient (Wildman–Crippen LogP) is 6.09. The molecule has 186 valence electrons. The van der Waals surface area contributed by atoms with Crippen LogP contribution in [0.15, 0.2) is 70.9 Å². The van der Waals surface area contributed by atoms with E-state index >= 15 is 0 Å². The molecular weight excluding hydrogens is 507 g/mol. The van der Waals surface area contributed by atoms with Gasteiger partial charge in [0, 0.05) is 22.5 Å². The number of hydrogen-bond donors (Lipinski definition) is 0. The Kier molecular flexibility index (Phi) is 8.59. The zero-order chi connectivity index (χ0) is 24.8.